The Morgan fingerprint density at radius 2 is 1.34 bits per heavy atom. The average Bonchev–Trinajstić information content (AvgIpc) is 2.83. The van der Waals surface area contributed by atoms with Gasteiger partial charge >= 0.3 is 0 Å². The first kappa shape index (κ1) is 21.6. The molecule has 1 aliphatic heterocycles. The summed E-state index contributed by atoms with van der Waals surface area (Å²) in [5.41, 5.74) is 5.18. The fraction of sp³-hybridized carbons (Fsp3) is 0.200. The van der Waals surface area contributed by atoms with Crippen LogP contribution in [0.5, 0.6) is 0 Å². The van der Waals surface area contributed by atoms with E-state index < -0.39 is 17.5 Å². The van der Waals surface area contributed by atoms with Gasteiger partial charge in [0, 0.05) is 35.5 Å². The van der Waals surface area contributed by atoms with Gasteiger partial charge in [-0.1, -0.05) is 12.1 Å². The summed E-state index contributed by atoms with van der Waals surface area (Å²) in [6, 6.07) is 16.4. The first-order valence-electron chi connectivity index (χ1n) is 10.5. The number of nitrogens with one attached hydrogen (secondary N) is 1. The summed E-state index contributed by atoms with van der Waals surface area (Å²) in [7, 11) is 0. The van der Waals surface area contributed by atoms with Crippen LogP contribution >= 0.6 is 0 Å². The van der Waals surface area contributed by atoms with Gasteiger partial charge in [0.25, 0.3) is 5.91 Å². The molecule has 3 aromatic rings. The van der Waals surface area contributed by atoms with E-state index in [9.17, 15) is 18.0 Å². The number of hydrazone groups is 1. The summed E-state index contributed by atoms with van der Waals surface area (Å²) in [4.78, 5) is 14.7. The van der Waals surface area contributed by atoms with Gasteiger partial charge in [-0.3, -0.25) is 4.79 Å². The molecule has 0 aliphatic carbocycles. The molecule has 1 amide bonds. The van der Waals surface area contributed by atoms with Crippen LogP contribution in [0.1, 0.15) is 40.7 Å². The van der Waals surface area contributed by atoms with E-state index in [4.69, 9.17) is 0 Å². The molecule has 1 fully saturated rings. The number of amides is 1. The van der Waals surface area contributed by atoms with E-state index in [2.05, 4.69) is 15.4 Å². The van der Waals surface area contributed by atoms with Crippen molar-refractivity contribution in [3.63, 3.8) is 0 Å². The predicted octanol–water partition coefficient (Wildman–Crippen LogP) is 5.28. The highest BCUT2D eigenvalue weighted by Gasteiger charge is 2.14. The van der Waals surface area contributed by atoms with E-state index in [1.165, 1.54) is 37.5 Å². The van der Waals surface area contributed by atoms with Gasteiger partial charge < -0.3 is 4.90 Å². The molecule has 0 bridgehead atoms. The molecular formula is C25H22F3N3O. The molecule has 4 rings (SSSR count). The van der Waals surface area contributed by atoms with Crippen molar-refractivity contribution in [1.82, 2.24) is 5.43 Å². The third-order valence-electron chi connectivity index (χ3n) is 5.43. The molecule has 1 N–H and O–H groups in total. The lowest BCUT2D eigenvalue weighted by Gasteiger charge is -2.28. The third-order valence-corrected chi connectivity index (χ3v) is 5.43. The molecule has 0 aromatic heterocycles. The lowest BCUT2D eigenvalue weighted by atomic mass is 10.0. The number of nitrogens with zero attached hydrogens (tertiary/aromatic N) is 2. The van der Waals surface area contributed by atoms with E-state index in [0.717, 1.165) is 36.5 Å². The maximum atomic E-state index is 13.5. The Hall–Kier alpha value is -3.61. The molecule has 0 atom stereocenters. The second-order valence-electron chi connectivity index (χ2n) is 7.63. The van der Waals surface area contributed by atoms with Crippen LogP contribution in [0.4, 0.5) is 18.9 Å². The standard InChI is InChI=1S/C25H22F3N3O/c26-20-9-4-17(5-10-20)24(29-30-25(32)19-8-13-22(27)23(28)16-19)18-6-11-21(12-7-18)31-14-2-1-3-15-31/h4-13,16H,1-3,14-15H2,(H,30,32)/b29-24+. The van der Waals surface area contributed by atoms with E-state index in [0.29, 0.717) is 11.3 Å². The van der Waals surface area contributed by atoms with Crippen LogP contribution in [0.2, 0.25) is 0 Å². The van der Waals surface area contributed by atoms with Crippen LogP contribution in [0.15, 0.2) is 71.8 Å². The van der Waals surface area contributed by atoms with E-state index >= 15 is 0 Å². The van der Waals surface area contributed by atoms with Crippen LogP contribution in [0, 0.1) is 17.5 Å². The van der Waals surface area contributed by atoms with Crippen molar-refractivity contribution in [1.29, 1.82) is 0 Å². The van der Waals surface area contributed by atoms with Gasteiger partial charge in [0.05, 0.1) is 5.71 Å². The smallest absolute Gasteiger partial charge is 0.271 e. The molecule has 4 nitrogen and oxygen atoms in total. The number of hydrogen-bond acceptors (Lipinski definition) is 3. The van der Waals surface area contributed by atoms with Crippen molar-refractivity contribution in [2.75, 3.05) is 18.0 Å². The number of rotatable bonds is 5. The van der Waals surface area contributed by atoms with Crippen LogP contribution in [0.3, 0.4) is 0 Å². The van der Waals surface area contributed by atoms with Crippen molar-refractivity contribution < 1.29 is 18.0 Å². The number of carbonyl (C=O) groups is 1. The van der Waals surface area contributed by atoms with Gasteiger partial charge in [0.1, 0.15) is 5.82 Å². The topological polar surface area (TPSA) is 44.7 Å². The van der Waals surface area contributed by atoms with Gasteiger partial charge in [-0.15, -0.1) is 0 Å². The maximum Gasteiger partial charge on any atom is 0.271 e. The fourth-order valence-electron chi connectivity index (χ4n) is 3.69. The second-order valence-corrected chi connectivity index (χ2v) is 7.63. The van der Waals surface area contributed by atoms with Gasteiger partial charge in [-0.2, -0.15) is 5.10 Å². The minimum atomic E-state index is -1.12. The largest absolute Gasteiger partial charge is 0.372 e. The van der Waals surface area contributed by atoms with Crippen molar-refractivity contribution in [3.8, 4) is 0 Å². The van der Waals surface area contributed by atoms with Crippen molar-refractivity contribution in [3.05, 3.63) is 101 Å². The van der Waals surface area contributed by atoms with Crippen LogP contribution < -0.4 is 10.3 Å². The predicted molar refractivity (Wildman–Crippen MR) is 118 cm³/mol. The molecule has 0 unspecified atom stereocenters. The zero-order chi connectivity index (χ0) is 22.5. The minimum Gasteiger partial charge on any atom is -0.372 e. The van der Waals surface area contributed by atoms with E-state index in [1.807, 2.05) is 24.3 Å². The van der Waals surface area contributed by atoms with Crippen LogP contribution in [-0.4, -0.2) is 24.7 Å². The summed E-state index contributed by atoms with van der Waals surface area (Å²) in [5, 5.41) is 4.23. The number of piperidine rings is 1. The Balaban J connectivity index is 1.62. The summed E-state index contributed by atoms with van der Waals surface area (Å²) in [6.07, 6.45) is 3.58. The summed E-state index contributed by atoms with van der Waals surface area (Å²) >= 11 is 0. The molecule has 7 heteroatoms. The highest BCUT2D eigenvalue weighted by molar-refractivity contribution is 6.13. The summed E-state index contributed by atoms with van der Waals surface area (Å²) < 4.78 is 40.1. The molecule has 1 heterocycles. The van der Waals surface area contributed by atoms with Gasteiger partial charge in [-0.05, 0) is 73.9 Å². The molecule has 0 spiro atoms. The Bertz CT molecular complexity index is 1120. The first-order valence-corrected chi connectivity index (χ1v) is 10.5. The zero-order valence-corrected chi connectivity index (χ0v) is 17.3. The number of benzene rings is 3. The molecule has 0 saturated carbocycles. The Morgan fingerprint density at radius 1 is 0.750 bits per heavy atom. The van der Waals surface area contributed by atoms with Crippen LogP contribution in [0.25, 0.3) is 0 Å². The average molecular weight is 437 g/mol. The van der Waals surface area contributed by atoms with Gasteiger partial charge in [-0.25, -0.2) is 18.6 Å². The zero-order valence-electron chi connectivity index (χ0n) is 17.3. The van der Waals surface area contributed by atoms with E-state index in [-0.39, 0.29) is 11.4 Å². The van der Waals surface area contributed by atoms with Crippen molar-refractivity contribution >= 4 is 17.3 Å². The number of carbonyl (C=O) groups excluding carboxylic acids is 1. The molecule has 164 valence electrons. The second kappa shape index (κ2) is 9.68. The van der Waals surface area contributed by atoms with Gasteiger partial charge in [0.15, 0.2) is 11.6 Å². The molecule has 1 saturated heterocycles. The number of anilines is 1. The van der Waals surface area contributed by atoms with Crippen molar-refractivity contribution in [2.24, 2.45) is 5.10 Å². The monoisotopic (exact) mass is 437 g/mol. The lowest BCUT2D eigenvalue weighted by molar-refractivity contribution is 0.0954. The van der Waals surface area contributed by atoms with Crippen LogP contribution in [-0.2, 0) is 0 Å². The highest BCUT2D eigenvalue weighted by Crippen LogP contribution is 2.22. The minimum absolute atomic E-state index is 0.0634. The molecular weight excluding hydrogens is 415 g/mol. The normalized spacial score (nSPS) is 14.3. The SMILES string of the molecule is O=C(N/N=C(\c1ccc(F)cc1)c1ccc(N2CCCCC2)cc1)c1ccc(F)c(F)c1. The summed E-state index contributed by atoms with van der Waals surface area (Å²) in [5.74, 6) is -3.23. The summed E-state index contributed by atoms with van der Waals surface area (Å²) in [6.45, 7) is 2.03. The molecule has 0 radical (unpaired) electrons. The van der Waals surface area contributed by atoms with Crippen molar-refractivity contribution in [2.45, 2.75) is 19.3 Å². The fourth-order valence-corrected chi connectivity index (χ4v) is 3.69. The molecule has 1 aliphatic rings. The Kier molecular flexibility index (Phi) is 6.54. The molecule has 32 heavy (non-hydrogen) atoms. The number of halogens is 3. The third kappa shape index (κ3) is 4.99. The lowest BCUT2D eigenvalue weighted by Crippen LogP contribution is -2.29. The van der Waals surface area contributed by atoms with E-state index in [1.54, 1.807) is 12.1 Å². The Morgan fingerprint density at radius 3 is 1.97 bits per heavy atom. The maximum absolute atomic E-state index is 13.5. The quantitative estimate of drug-likeness (QED) is 0.436. The highest BCUT2D eigenvalue weighted by atomic mass is 19.2. The Labute approximate surface area is 184 Å². The molecule has 3 aromatic carbocycles. The van der Waals surface area contributed by atoms with Gasteiger partial charge in [0.2, 0.25) is 0 Å². The first-order chi connectivity index (χ1) is 15.5. The number of hydrogen-bond donors (Lipinski definition) is 1.